The van der Waals surface area contributed by atoms with Gasteiger partial charge in [0.15, 0.2) is 0 Å². The molecule has 0 saturated heterocycles. The minimum atomic E-state index is -0.603. The van der Waals surface area contributed by atoms with Gasteiger partial charge in [0, 0.05) is 23.9 Å². The third-order valence-corrected chi connectivity index (χ3v) is 4.40. The van der Waals surface area contributed by atoms with E-state index in [1.54, 1.807) is 18.2 Å². The molecule has 0 aliphatic carbocycles. The molecule has 26 heavy (non-hydrogen) atoms. The molecule has 1 aromatic carbocycles. The summed E-state index contributed by atoms with van der Waals surface area (Å²) in [6.07, 6.45) is 0.797. The number of hydrogen-bond donors (Lipinski definition) is 1. The zero-order valence-corrected chi connectivity index (χ0v) is 15.6. The van der Waals surface area contributed by atoms with Gasteiger partial charge in [0.2, 0.25) is 5.13 Å². The standard InChI is InChI=1S/C18H19N3O4S/c1-4-24-11-5-6-12-13(9-16(22)25-14(12)8-11)17(23)19-18-21-20-15(26-18)7-10(2)3/h5-6,8-10H,4,7H2,1-3H3,(H,19,21,23). The van der Waals surface area contributed by atoms with Crippen LogP contribution in [-0.4, -0.2) is 22.7 Å². The summed E-state index contributed by atoms with van der Waals surface area (Å²) in [7, 11) is 0. The largest absolute Gasteiger partial charge is 0.494 e. The number of anilines is 1. The molecule has 3 rings (SSSR count). The van der Waals surface area contributed by atoms with Gasteiger partial charge >= 0.3 is 5.63 Å². The molecular formula is C18H19N3O4S. The molecule has 136 valence electrons. The number of aromatic nitrogens is 2. The summed E-state index contributed by atoms with van der Waals surface area (Å²) in [5.41, 5.74) is -0.0830. The Hall–Kier alpha value is -2.74. The minimum Gasteiger partial charge on any atom is -0.494 e. The van der Waals surface area contributed by atoms with Gasteiger partial charge in [-0.15, -0.1) is 10.2 Å². The number of fused-ring (bicyclic) bond motifs is 1. The Morgan fingerprint density at radius 3 is 2.85 bits per heavy atom. The molecule has 1 N–H and O–H groups in total. The lowest BCUT2D eigenvalue weighted by Crippen LogP contribution is -2.15. The van der Waals surface area contributed by atoms with Gasteiger partial charge in [-0.2, -0.15) is 0 Å². The third-order valence-electron chi connectivity index (χ3n) is 3.54. The number of hydrogen-bond acceptors (Lipinski definition) is 7. The summed E-state index contributed by atoms with van der Waals surface area (Å²) in [4.78, 5) is 24.5. The van der Waals surface area contributed by atoms with Crippen molar-refractivity contribution in [1.82, 2.24) is 10.2 Å². The van der Waals surface area contributed by atoms with Crippen LogP contribution in [0.25, 0.3) is 11.0 Å². The zero-order chi connectivity index (χ0) is 18.7. The van der Waals surface area contributed by atoms with Crippen molar-refractivity contribution >= 4 is 33.3 Å². The van der Waals surface area contributed by atoms with Crippen molar-refractivity contribution in [1.29, 1.82) is 0 Å². The fraction of sp³-hybridized carbons (Fsp3) is 0.333. The molecule has 2 heterocycles. The second-order valence-electron chi connectivity index (χ2n) is 6.12. The fourth-order valence-corrected chi connectivity index (χ4v) is 3.43. The molecule has 0 fully saturated rings. The first-order valence-electron chi connectivity index (χ1n) is 8.30. The number of nitrogens with zero attached hydrogens (tertiary/aromatic N) is 2. The van der Waals surface area contributed by atoms with E-state index in [2.05, 4.69) is 29.4 Å². The highest BCUT2D eigenvalue weighted by Gasteiger charge is 2.16. The number of ether oxygens (including phenoxy) is 1. The number of benzene rings is 1. The monoisotopic (exact) mass is 373 g/mol. The van der Waals surface area contributed by atoms with E-state index in [4.69, 9.17) is 9.15 Å². The lowest BCUT2D eigenvalue weighted by atomic mass is 10.1. The molecular weight excluding hydrogens is 354 g/mol. The minimum absolute atomic E-state index is 0.222. The molecule has 0 aliphatic heterocycles. The molecule has 7 nitrogen and oxygen atoms in total. The molecule has 0 spiro atoms. The van der Waals surface area contributed by atoms with E-state index < -0.39 is 11.5 Å². The van der Waals surface area contributed by atoms with Crippen LogP contribution in [0.1, 0.15) is 36.1 Å². The van der Waals surface area contributed by atoms with Gasteiger partial charge < -0.3 is 9.15 Å². The highest BCUT2D eigenvalue weighted by atomic mass is 32.1. The first kappa shape index (κ1) is 18.1. The normalized spacial score (nSPS) is 11.1. The quantitative estimate of drug-likeness (QED) is 0.665. The summed E-state index contributed by atoms with van der Waals surface area (Å²) in [5, 5.41) is 12.5. The maximum absolute atomic E-state index is 12.6. The smallest absolute Gasteiger partial charge is 0.337 e. The topological polar surface area (TPSA) is 94.3 Å². The van der Waals surface area contributed by atoms with Crippen molar-refractivity contribution in [3.05, 3.63) is 45.3 Å². The van der Waals surface area contributed by atoms with Gasteiger partial charge in [-0.3, -0.25) is 10.1 Å². The van der Waals surface area contributed by atoms with Crippen molar-refractivity contribution in [2.45, 2.75) is 27.2 Å². The molecule has 0 saturated carbocycles. The van der Waals surface area contributed by atoms with E-state index in [9.17, 15) is 9.59 Å². The van der Waals surface area contributed by atoms with Gasteiger partial charge in [0.1, 0.15) is 16.3 Å². The Labute approximate surface area is 154 Å². The lowest BCUT2D eigenvalue weighted by Gasteiger charge is -2.07. The van der Waals surface area contributed by atoms with E-state index >= 15 is 0 Å². The first-order chi connectivity index (χ1) is 12.5. The Kier molecular flexibility index (Phi) is 5.32. The van der Waals surface area contributed by atoms with E-state index in [1.807, 2.05) is 6.92 Å². The van der Waals surface area contributed by atoms with Crippen LogP contribution in [0.4, 0.5) is 5.13 Å². The van der Waals surface area contributed by atoms with Crippen LogP contribution in [-0.2, 0) is 6.42 Å². The number of rotatable bonds is 6. The van der Waals surface area contributed by atoms with E-state index in [-0.39, 0.29) is 5.56 Å². The molecule has 0 radical (unpaired) electrons. The Morgan fingerprint density at radius 1 is 1.31 bits per heavy atom. The lowest BCUT2D eigenvalue weighted by molar-refractivity contribution is 0.102. The summed E-state index contributed by atoms with van der Waals surface area (Å²) in [6, 6.07) is 6.20. The first-order valence-corrected chi connectivity index (χ1v) is 9.12. The predicted octanol–water partition coefficient (Wildman–Crippen LogP) is 3.49. The van der Waals surface area contributed by atoms with Crippen molar-refractivity contribution in [3.63, 3.8) is 0 Å². The van der Waals surface area contributed by atoms with E-state index in [0.717, 1.165) is 11.4 Å². The molecule has 3 aromatic rings. The fourth-order valence-electron chi connectivity index (χ4n) is 2.49. The average Bonchev–Trinajstić information content (AvgIpc) is 3.00. The maximum Gasteiger partial charge on any atom is 0.337 e. The summed E-state index contributed by atoms with van der Waals surface area (Å²) < 4.78 is 10.6. The second kappa shape index (κ2) is 7.65. The van der Waals surface area contributed by atoms with Gasteiger partial charge in [-0.25, -0.2) is 4.79 Å². The number of nitrogens with one attached hydrogen (secondary N) is 1. The summed E-state index contributed by atoms with van der Waals surface area (Å²) >= 11 is 1.33. The van der Waals surface area contributed by atoms with Crippen LogP contribution in [0.3, 0.4) is 0 Å². The molecule has 0 unspecified atom stereocenters. The van der Waals surface area contributed by atoms with Crippen molar-refractivity contribution in [2.24, 2.45) is 5.92 Å². The second-order valence-corrected chi connectivity index (χ2v) is 7.19. The number of amides is 1. The van der Waals surface area contributed by atoms with Crippen molar-refractivity contribution in [3.8, 4) is 5.75 Å². The Bertz CT molecular complexity index is 994. The molecule has 8 heteroatoms. The highest BCUT2D eigenvalue weighted by Crippen LogP contribution is 2.24. The van der Waals surface area contributed by atoms with E-state index in [0.29, 0.717) is 34.4 Å². The maximum atomic E-state index is 12.6. The zero-order valence-electron chi connectivity index (χ0n) is 14.7. The van der Waals surface area contributed by atoms with Crippen molar-refractivity contribution < 1.29 is 13.9 Å². The molecule has 0 atom stereocenters. The van der Waals surface area contributed by atoms with Crippen LogP contribution < -0.4 is 15.7 Å². The summed E-state index contributed by atoms with van der Waals surface area (Å²) in [5.74, 6) is 0.594. The number of carbonyl (C=O) groups excluding carboxylic acids is 1. The molecule has 0 aliphatic rings. The van der Waals surface area contributed by atoms with Gasteiger partial charge in [0.25, 0.3) is 5.91 Å². The van der Waals surface area contributed by atoms with Gasteiger partial charge in [-0.05, 0) is 25.0 Å². The Morgan fingerprint density at radius 2 is 2.12 bits per heavy atom. The van der Waals surface area contributed by atoms with Crippen LogP contribution in [0.5, 0.6) is 5.75 Å². The van der Waals surface area contributed by atoms with Crippen LogP contribution in [0.15, 0.2) is 33.5 Å². The van der Waals surface area contributed by atoms with Crippen LogP contribution in [0, 0.1) is 5.92 Å². The van der Waals surface area contributed by atoms with Crippen LogP contribution >= 0.6 is 11.3 Å². The SMILES string of the molecule is CCOc1ccc2c(C(=O)Nc3nnc(CC(C)C)s3)cc(=O)oc2c1. The Balaban J connectivity index is 1.90. The van der Waals surface area contributed by atoms with Crippen molar-refractivity contribution in [2.75, 3.05) is 11.9 Å². The van der Waals surface area contributed by atoms with Crippen LogP contribution in [0.2, 0.25) is 0 Å². The third kappa shape index (κ3) is 4.08. The predicted molar refractivity (Wildman–Crippen MR) is 100 cm³/mol. The average molecular weight is 373 g/mol. The molecule has 2 aromatic heterocycles. The molecule has 0 bridgehead atoms. The van der Waals surface area contributed by atoms with Gasteiger partial charge in [0.05, 0.1) is 12.2 Å². The number of carbonyl (C=O) groups is 1. The van der Waals surface area contributed by atoms with E-state index in [1.165, 1.54) is 17.4 Å². The van der Waals surface area contributed by atoms with Gasteiger partial charge in [-0.1, -0.05) is 25.2 Å². The molecule has 1 amide bonds. The summed E-state index contributed by atoms with van der Waals surface area (Å²) in [6.45, 7) is 6.53. The highest BCUT2D eigenvalue weighted by molar-refractivity contribution is 7.15.